The first-order valence-electron chi connectivity index (χ1n) is 5.27. The third kappa shape index (κ3) is 2.35. The number of ether oxygens (including phenoxy) is 1. The van der Waals surface area contributed by atoms with Gasteiger partial charge in [0.1, 0.15) is 0 Å². The van der Waals surface area contributed by atoms with E-state index in [1.54, 1.807) is 12.1 Å². The molecule has 0 heterocycles. The lowest BCUT2D eigenvalue weighted by Crippen LogP contribution is -2.02. The molecule has 0 aliphatic heterocycles. The summed E-state index contributed by atoms with van der Waals surface area (Å²) in [5, 5.41) is 0.565. The maximum Gasteiger partial charge on any atom is 0.339 e. The summed E-state index contributed by atoms with van der Waals surface area (Å²) in [5.74, 6) is -0.499. The molecule has 0 fully saturated rings. The van der Waals surface area contributed by atoms with E-state index in [4.69, 9.17) is 23.2 Å². The van der Waals surface area contributed by atoms with Crippen LogP contribution in [0, 0.1) is 0 Å². The fraction of sp³-hybridized carbons (Fsp3) is 0.0714. The first kappa shape index (κ1) is 12.9. The SMILES string of the molecule is COC(=O)c1ccc(-c2ccccc2)c(Cl)c1Cl. The van der Waals surface area contributed by atoms with Crippen molar-refractivity contribution in [2.45, 2.75) is 0 Å². The molecule has 4 heteroatoms. The van der Waals surface area contributed by atoms with E-state index < -0.39 is 5.97 Å². The Morgan fingerprint density at radius 2 is 1.67 bits per heavy atom. The molecular weight excluding hydrogens is 271 g/mol. The fourth-order valence-corrected chi connectivity index (χ4v) is 2.17. The Kier molecular flexibility index (Phi) is 3.90. The van der Waals surface area contributed by atoms with E-state index in [0.717, 1.165) is 11.1 Å². The molecule has 0 saturated heterocycles. The van der Waals surface area contributed by atoms with Crippen LogP contribution in [0.2, 0.25) is 10.0 Å². The van der Waals surface area contributed by atoms with Crippen molar-refractivity contribution in [1.82, 2.24) is 0 Å². The summed E-state index contributed by atoms with van der Waals surface area (Å²) in [4.78, 5) is 11.5. The highest BCUT2D eigenvalue weighted by Crippen LogP contribution is 2.36. The highest BCUT2D eigenvalue weighted by molar-refractivity contribution is 6.45. The summed E-state index contributed by atoms with van der Waals surface area (Å²) in [6.07, 6.45) is 0. The number of halogens is 2. The van der Waals surface area contributed by atoms with Crippen LogP contribution < -0.4 is 0 Å². The smallest absolute Gasteiger partial charge is 0.339 e. The Bertz CT molecular complexity index is 580. The largest absolute Gasteiger partial charge is 0.465 e. The second kappa shape index (κ2) is 5.42. The Morgan fingerprint density at radius 3 is 2.28 bits per heavy atom. The van der Waals surface area contributed by atoms with Crippen LogP contribution in [0.1, 0.15) is 10.4 Å². The number of carbonyl (C=O) groups is 1. The van der Waals surface area contributed by atoms with E-state index in [2.05, 4.69) is 4.74 Å². The standard InChI is InChI=1S/C14H10Cl2O2/c1-18-14(17)11-8-7-10(12(15)13(11)16)9-5-3-2-4-6-9/h2-8H,1H3. The molecule has 18 heavy (non-hydrogen) atoms. The molecule has 2 aromatic rings. The van der Waals surface area contributed by atoms with Crippen molar-refractivity contribution in [3.63, 3.8) is 0 Å². The molecule has 0 atom stereocenters. The van der Waals surface area contributed by atoms with Gasteiger partial charge in [-0.15, -0.1) is 0 Å². The molecule has 2 aromatic carbocycles. The lowest BCUT2D eigenvalue weighted by molar-refractivity contribution is 0.0601. The van der Waals surface area contributed by atoms with Gasteiger partial charge in [0, 0.05) is 5.56 Å². The minimum atomic E-state index is -0.499. The van der Waals surface area contributed by atoms with E-state index in [1.807, 2.05) is 30.3 Å². The van der Waals surface area contributed by atoms with Crippen molar-refractivity contribution in [2.24, 2.45) is 0 Å². The van der Waals surface area contributed by atoms with Crippen LogP contribution in [0.5, 0.6) is 0 Å². The second-order valence-electron chi connectivity index (χ2n) is 3.65. The number of hydrogen-bond donors (Lipinski definition) is 0. The van der Waals surface area contributed by atoms with Crippen LogP contribution in [0.25, 0.3) is 11.1 Å². The average Bonchev–Trinajstić information content (AvgIpc) is 2.42. The summed E-state index contributed by atoms with van der Waals surface area (Å²) in [6, 6.07) is 13.0. The zero-order valence-electron chi connectivity index (χ0n) is 9.61. The predicted octanol–water partition coefficient (Wildman–Crippen LogP) is 4.45. The second-order valence-corrected chi connectivity index (χ2v) is 4.40. The van der Waals surface area contributed by atoms with E-state index in [-0.39, 0.29) is 10.6 Å². The first-order chi connectivity index (χ1) is 8.65. The van der Waals surface area contributed by atoms with E-state index >= 15 is 0 Å². The molecule has 0 aliphatic carbocycles. The zero-order chi connectivity index (χ0) is 13.1. The number of esters is 1. The topological polar surface area (TPSA) is 26.3 Å². The van der Waals surface area contributed by atoms with Crippen LogP contribution in [-0.2, 0) is 4.74 Å². The highest BCUT2D eigenvalue weighted by atomic mass is 35.5. The molecule has 0 bridgehead atoms. The first-order valence-corrected chi connectivity index (χ1v) is 6.02. The van der Waals surface area contributed by atoms with Gasteiger partial charge in [0.2, 0.25) is 0 Å². The predicted molar refractivity (Wildman–Crippen MR) is 73.2 cm³/mol. The van der Waals surface area contributed by atoms with Gasteiger partial charge in [0.15, 0.2) is 0 Å². The summed E-state index contributed by atoms with van der Waals surface area (Å²) in [5.41, 5.74) is 2.00. The number of hydrogen-bond acceptors (Lipinski definition) is 2. The van der Waals surface area contributed by atoms with E-state index in [9.17, 15) is 4.79 Å². The maximum atomic E-state index is 11.5. The molecule has 0 radical (unpaired) electrons. The third-order valence-electron chi connectivity index (χ3n) is 2.57. The van der Waals surface area contributed by atoms with Gasteiger partial charge in [0.05, 0.1) is 22.7 Å². The molecular formula is C14H10Cl2O2. The minimum Gasteiger partial charge on any atom is -0.465 e. The number of rotatable bonds is 2. The van der Waals surface area contributed by atoms with Crippen molar-refractivity contribution in [2.75, 3.05) is 7.11 Å². The summed E-state index contributed by atoms with van der Waals surface area (Å²) in [7, 11) is 1.30. The summed E-state index contributed by atoms with van der Waals surface area (Å²) in [6.45, 7) is 0. The molecule has 0 N–H and O–H groups in total. The average molecular weight is 281 g/mol. The van der Waals surface area contributed by atoms with Gasteiger partial charge in [0.25, 0.3) is 0 Å². The van der Waals surface area contributed by atoms with Crippen molar-refractivity contribution in [1.29, 1.82) is 0 Å². The van der Waals surface area contributed by atoms with E-state index in [1.165, 1.54) is 7.11 Å². The number of benzene rings is 2. The minimum absolute atomic E-state index is 0.213. The van der Waals surface area contributed by atoms with Crippen molar-refractivity contribution in [3.05, 3.63) is 58.1 Å². The molecule has 0 aliphatic rings. The van der Waals surface area contributed by atoms with E-state index in [0.29, 0.717) is 5.02 Å². The molecule has 0 amide bonds. The van der Waals surface area contributed by atoms with Gasteiger partial charge in [-0.25, -0.2) is 4.79 Å². The normalized spacial score (nSPS) is 10.2. The molecule has 0 spiro atoms. The summed E-state index contributed by atoms with van der Waals surface area (Å²) < 4.78 is 4.64. The molecule has 2 nitrogen and oxygen atoms in total. The van der Waals surface area contributed by atoms with Crippen LogP contribution in [-0.4, -0.2) is 13.1 Å². The number of carbonyl (C=O) groups excluding carboxylic acids is 1. The van der Waals surface area contributed by atoms with Gasteiger partial charge in [-0.2, -0.15) is 0 Å². The Hall–Kier alpha value is -1.51. The molecule has 2 rings (SSSR count). The monoisotopic (exact) mass is 280 g/mol. The lowest BCUT2D eigenvalue weighted by Gasteiger charge is -2.09. The van der Waals surface area contributed by atoms with Crippen LogP contribution in [0.3, 0.4) is 0 Å². The Morgan fingerprint density at radius 1 is 1.00 bits per heavy atom. The van der Waals surface area contributed by atoms with Gasteiger partial charge >= 0.3 is 5.97 Å². The highest BCUT2D eigenvalue weighted by Gasteiger charge is 2.16. The summed E-state index contributed by atoms with van der Waals surface area (Å²) >= 11 is 12.3. The molecule has 0 saturated carbocycles. The molecule has 0 unspecified atom stereocenters. The Labute approximate surface area is 115 Å². The third-order valence-corrected chi connectivity index (χ3v) is 3.45. The molecule has 0 aromatic heterocycles. The Balaban J connectivity index is 2.54. The van der Waals surface area contributed by atoms with Crippen molar-refractivity contribution >= 4 is 29.2 Å². The van der Waals surface area contributed by atoms with Crippen LogP contribution in [0.15, 0.2) is 42.5 Å². The lowest BCUT2D eigenvalue weighted by atomic mass is 10.0. The zero-order valence-corrected chi connectivity index (χ0v) is 11.1. The number of methoxy groups -OCH3 is 1. The van der Waals surface area contributed by atoms with Crippen molar-refractivity contribution in [3.8, 4) is 11.1 Å². The van der Waals surface area contributed by atoms with Gasteiger partial charge in [-0.05, 0) is 11.6 Å². The molecule has 92 valence electrons. The quantitative estimate of drug-likeness (QED) is 0.760. The van der Waals surface area contributed by atoms with Gasteiger partial charge < -0.3 is 4.74 Å². The van der Waals surface area contributed by atoms with Crippen LogP contribution in [0.4, 0.5) is 0 Å². The van der Waals surface area contributed by atoms with Gasteiger partial charge in [-0.1, -0.05) is 59.6 Å². The van der Waals surface area contributed by atoms with Gasteiger partial charge in [-0.3, -0.25) is 0 Å². The van der Waals surface area contributed by atoms with Crippen LogP contribution >= 0.6 is 23.2 Å². The maximum absolute atomic E-state index is 11.5. The fourth-order valence-electron chi connectivity index (χ4n) is 1.66. The van der Waals surface area contributed by atoms with Crippen molar-refractivity contribution < 1.29 is 9.53 Å².